The normalized spacial score (nSPS) is 16.0. The van der Waals surface area contributed by atoms with Gasteiger partial charge in [-0.15, -0.1) is 0 Å². The fraction of sp³-hybridized carbons (Fsp3) is 0.429. The van der Waals surface area contributed by atoms with Gasteiger partial charge in [-0.2, -0.15) is 5.10 Å². The van der Waals surface area contributed by atoms with Crippen molar-refractivity contribution in [3.63, 3.8) is 0 Å². The molecule has 0 unspecified atom stereocenters. The van der Waals surface area contributed by atoms with Gasteiger partial charge in [0.1, 0.15) is 5.75 Å². The number of carbonyl (C=O) groups is 1. The molecule has 0 aromatic heterocycles. The van der Waals surface area contributed by atoms with Gasteiger partial charge >= 0.3 is 0 Å². The third kappa shape index (κ3) is 3.71. The molecule has 2 rings (SSSR count). The van der Waals surface area contributed by atoms with E-state index >= 15 is 0 Å². The maximum absolute atomic E-state index is 11.9. The number of hydrogen-bond acceptors (Lipinski definition) is 4. The number of nitrogens with one attached hydrogen (secondary N) is 1. The van der Waals surface area contributed by atoms with Gasteiger partial charge in [0.15, 0.2) is 0 Å². The predicted molar refractivity (Wildman–Crippen MR) is 79.4 cm³/mol. The molecule has 0 saturated carbocycles. The molecule has 1 aromatic carbocycles. The van der Waals surface area contributed by atoms with Gasteiger partial charge in [0.05, 0.1) is 5.56 Å². The number of amides is 1. The first-order valence-electron chi connectivity index (χ1n) is 6.66. The standard InChI is InChI=1S/C14H18ClN3O2/c1-2-18-7-5-11(6-8-18)16-17-14(20)12-9-10(15)3-4-13(12)19/h3-4,9,19H,2,5-8H2,1H3,(H,17,20). The summed E-state index contributed by atoms with van der Waals surface area (Å²) in [6, 6.07) is 4.34. The first-order valence-corrected chi connectivity index (χ1v) is 7.04. The Hall–Kier alpha value is -1.59. The van der Waals surface area contributed by atoms with Crippen molar-refractivity contribution in [3.8, 4) is 5.75 Å². The Bertz CT molecular complexity index is 521. The SMILES string of the molecule is CCN1CCC(=NNC(=O)c2cc(Cl)ccc2O)CC1. The minimum absolute atomic E-state index is 0.104. The number of phenols is 1. The summed E-state index contributed by atoms with van der Waals surface area (Å²) in [5.41, 5.74) is 3.59. The highest BCUT2D eigenvalue weighted by Crippen LogP contribution is 2.21. The molecule has 6 heteroatoms. The number of halogens is 1. The van der Waals surface area contributed by atoms with Crippen molar-refractivity contribution in [2.45, 2.75) is 19.8 Å². The molecule has 0 radical (unpaired) electrons. The lowest BCUT2D eigenvalue weighted by Crippen LogP contribution is -2.34. The van der Waals surface area contributed by atoms with Crippen molar-refractivity contribution >= 4 is 23.2 Å². The Labute approximate surface area is 123 Å². The largest absolute Gasteiger partial charge is 0.507 e. The van der Waals surface area contributed by atoms with Crippen LogP contribution in [0.15, 0.2) is 23.3 Å². The summed E-state index contributed by atoms with van der Waals surface area (Å²) >= 11 is 5.81. The van der Waals surface area contributed by atoms with E-state index < -0.39 is 5.91 Å². The molecule has 1 heterocycles. The van der Waals surface area contributed by atoms with E-state index in [2.05, 4.69) is 22.4 Å². The Morgan fingerprint density at radius 3 is 2.80 bits per heavy atom. The molecule has 0 bridgehead atoms. The van der Waals surface area contributed by atoms with Gasteiger partial charge in [-0.1, -0.05) is 18.5 Å². The van der Waals surface area contributed by atoms with E-state index in [0.717, 1.165) is 38.2 Å². The maximum Gasteiger partial charge on any atom is 0.275 e. The topological polar surface area (TPSA) is 64.9 Å². The zero-order valence-electron chi connectivity index (χ0n) is 11.4. The average Bonchev–Trinajstić information content (AvgIpc) is 2.47. The van der Waals surface area contributed by atoms with Crippen LogP contribution in [0, 0.1) is 0 Å². The minimum atomic E-state index is -0.449. The number of phenolic OH excluding ortho intramolecular Hbond substituents is 1. The van der Waals surface area contributed by atoms with Crippen molar-refractivity contribution in [1.29, 1.82) is 0 Å². The summed E-state index contributed by atoms with van der Waals surface area (Å²) < 4.78 is 0. The highest BCUT2D eigenvalue weighted by molar-refractivity contribution is 6.31. The zero-order chi connectivity index (χ0) is 14.5. The van der Waals surface area contributed by atoms with Gasteiger partial charge in [0.25, 0.3) is 5.91 Å². The van der Waals surface area contributed by atoms with Crippen LogP contribution in [0.2, 0.25) is 5.02 Å². The van der Waals surface area contributed by atoms with E-state index in [9.17, 15) is 9.90 Å². The monoisotopic (exact) mass is 295 g/mol. The molecule has 1 aliphatic heterocycles. The molecular weight excluding hydrogens is 278 g/mol. The molecule has 20 heavy (non-hydrogen) atoms. The van der Waals surface area contributed by atoms with E-state index in [1.54, 1.807) is 0 Å². The van der Waals surface area contributed by atoms with Crippen molar-refractivity contribution in [3.05, 3.63) is 28.8 Å². The molecule has 1 saturated heterocycles. The number of likely N-dealkylation sites (tertiary alicyclic amines) is 1. The van der Waals surface area contributed by atoms with Crippen LogP contribution in [0.5, 0.6) is 5.75 Å². The molecular formula is C14H18ClN3O2. The second-order valence-corrected chi connectivity index (χ2v) is 5.15. The summed E-state index contributed by atoms with van der Waals surface area (Å²) in [6.45, 7) is 5.10. The summed E-state index contributed by atoms with van der Waals surface area (Å²) in [5, 5.41) is 14.2. The van der Waals surface area contributed by atoms with Crippen LogP contribution in [-0.4, -0.2) is 41.3 Å². The van der Waals surface area contributed by atoms with Crippen LogP contribution < -0.4 is 5.43 Å². The van der Waals surface area contributed by atoms with Gasteiger partial charge in [0, 0.05) is 36.7 Å². The number of aromatic hydroxyl groups is 1. The lowest BCUT2D eigenvalue weighted by molar-refractivity contribution is 0.0951. The van der Waals surface area contributed by atoms with Crippen LogP contribution >= 0.6 is 11.6 Å². The number of hydrogen-bond donors (Lipinski definition) is 2. The number of hydrazone groups is 1. The molecule has 1 aromatic rings. The fourth-order valence-corrected chi connectivity index (χ4v) is 2.29. The van der Waals surface area contributed by atoms with Crippen LogP contribution in [0.25, 0.3) is 0 Å². The summed E-state index contributed by atoms with van der Waals surface area (Å²) in [4.78, 5) is 14.3. The van der Waals surface area contributed by atoms with E-state index in [-0.39, 0.29) is 11.3 Å². The van der Waals surface area contributed by atoms with E-state index in [0.29, 0.717) is 5.02 Å². The molecule has 0 atom stereocenters. The smallest absolute Gasteiger partial charge is 0.275 e. The molecule has 1 aliphatic rings. The molecule has 1 fully saturated rings. The van der Waals surface area contributed by atoms with Crippen molar-refractivity contribution < 1.29 is 9.90 Å². The molecule has 0 spiro atoms. The lowest BCUT2D eigenvalue weighted by atomic mass is 10.1. The second-order valence-electron chi connectivity index (χ2n) is 4.71. The average molecular weight is 296 g/mol. The highest BCUT2D eigenvalue weighted by Gasteiger charge is 2.15. The van der Waals surface area contributed by atoms with E-state index in [1.165, 1.54) is 18.2 Å². The van der Waals surface area contributed by atoms with Gasteiger partial charge in [-0.3, -0.25) is 4.79 Å². The first kappa shape index (κ1) is 14.8. The number of rotatable bonds is 3. The van der Waals surface area contributed by atoms with Gasteiger partial charge in [0.2, 0.25) is 0 Å². The number of piperidine rings is 1. The number of benzene rings is 1. The molecule has 0 aliphatic carbocycles. The van der Waals surface area contributed by atoms with Crippen molar-refractivity contribution in [1.82, 2.24) is 10.3 Å². The summed E-state index contributed by atoms with van der Waals surface area (Å²) in [5.74, 6) is -0.552. The minimum Gasteiger partial charge on any atom is -0.507 e. The maximum atomic E-state index is 11.9. The molecule has 108 valence electrons. The van der Waals surface area contributed by atoms with Crippen molar-refractivity contribution in [2.75, 3.05) is 19.6 Å². The number of carbonyl (C=O) groups excluding carboxylic acids is 1. The Balaban J connectivity index is 1.97. The van der Waals surface area contributed by atoms with E-state index in [4.69, 9.17) is 11.6 Å². The Morgan fingerprint density at radius 2 is 2.15 bits per heavy atom. The highest BCUT2D eigenvalue weighted by atomic mass is 35.5. The predicted octanol–water partition coefficient (Wildman–Crippen LogP) is 2.25. The van der Waals surface area contributed by atoms with Crippen molar-refractivity contribution in [2.24, 2.45) is 5.10 Å². The van der Waals surface area contributed by atoms with Gasteiger partial charge in [-0.25, -0.2) is 5.43 Å². The van der Waals surface area contributed by atoms with Crippen LogP contribution in [0.4, 0.5) is 0 Å². The summed E-state index contributed by atoms with van der Waals surface area (Å²) in [7, 11) is 0. The van der Waals surface area contributed by atoms with Crippen LogP contribution in [0.3, 0.4) is 0 Å². The zero-order valence-corrected chi connectivity index (χ0v) is 12.2. The van der Waals surface area contributed by atoms with Gasteiger partial charge in [-0.05, 0) is 24.7 Å². The third-order valence-electron chi connectivity index (χ3n) is 3.40. The lowest BCUT2D eigenvalue weighted by Gasteiger charge is -2.25. The van der Waals surface area contributed by atoms with E-state index in [1.807, 2.05) is 0 Å². The van der Waals surface area contributed by atoms with Gasteiger partial charge < -0.3 is 10.0 Å². The third-order valence-corrected chi connectivity index (χ3v) is 3.63. The molecule has 2 N–H and O–H groups in total. The Morgan fingerprint density at radius 1 is 1.45 bits per heavy atom. The second kappa shape index (κ2) is 6.72. The molecule has 1 amide bonds. The fourth-order valence-electron chi connectivity index (χ4n) is 2.12. The van der Waals surface area contributed by atoms with Crippen LogP contribution in [-0.2, 0) is 0 Å². The first-order chi connectivity index (χ1) is 9.60. The summed E-state index contributed by atoms with van der Waals surface area (Å²) in [6.07, 6.45) is 1.71. The van der Waals surface area contributed by atoms with Crippen LogP contribution in [0.1, 0.15) is 30.1 Å². The number of nitrogens with zero attached hydrogens (tertiary/aromatic N) is 2. The molecule has 5 nitrogen and oxygen atoms in total. The quantitative estimate of drug-likeness (QED) is 0.841. The Kier molecular flexibility index (Phi) is 4.98.